The number of benzene rings is 5. The quantitative estimate of drug-likeness (QED) is 0.283. The second-order valence-corrected chi connectivity index (χ2v) is 8.82. The highest BCUT2D eigenvalue weighted by atomic mass is 15.3. The second-order valence-electron chi connectivity index (χ2n) is 8.82. The molecule has 0 aliphatic heterocycles. The van der Waals surface area contributed by atoms with Gasteiger partial charge in [0.05, 0.1) is 33.1 Å². The third kappa shape index (κ3) is 1.75. The maximum Gasteiger partial charge on any atom is 0.223 e. The van der Waals surface area contributed by atoms with E-state index < -0.39 is 0 Å². The Bertz CT molecular complexity index is 2240. The fourth-order valence-corrected chi connectivity index (χ4v) is 5.74. The highest BCUT2D eigenvalue weighted by Crippen LogP contribution is 2.36. The molecule has 0 spiro atoms. The van der Waals surface area contributed by atoms with Crippen LogP contribution in [0.1, 0.15) is 0 Å². The van der Waals surface area contributed by atoms with Crippen molar-refractivity contribution in [1.29, 1.82) is 0 Å². The lowest BCUT2D eigenvalue weighted by Gasteiger charge is -2.01. The van der Waals surface area contributed by atoms with Crippen LogP contribution in [0.25, 0.3) is 71.7 Å². The van der Waals surface area contributed by atoms with Gasteiger partial charge in [-0.05, 0) is 46.5 Å². The van der Waals surface area contributed by atoms with Crippen LogP contribution in [0.3, 0.4) is 0 Å². The lowest BCUT2D eigenvalue weighted by molar-refractivity contribution is 1.15. The van der Waals surface area contributed by atoms with Crippen molar-refractivity contribution in [2.75, 3.05) is 0 Å². The molecule has 9 rings (SSSR count). The summed E-state index contributed by atoms with van der Waals surface area (Å²) in [7, 11) is 0. The first-order valence-corrected chi connectivity index (χ1v) is 11.1. The van der Waals surface area contributed by atoms with Crippen LogP contribution in [-0.2, 0) is 0 Å². The summed E-state index contributed by atoms with van der Waals surface area (Å²) in [6, 6.07) is 32.2. The summed E-state index contributed by atoms with van der Waals surface area (Å²) in [6.07, 6.45) is 0. The molecule has 0 amide bonds. The number of aromatic nitrogens is 5. The van der Waals surface area contributed by atoms with Crippen LogP contribution in [0.15, 0.2) is 91.0 Å². The van der Waals surface area contributed by atoms with Crippen molar-refractivity contribution < 1.29 is 0 Å². The highest BCUT2D eigenvalue weighted by molar-refractivity contribution is 6.10. The van der Waals surface area contributed by atoms with Crippen molar-refractivity contribution in [1.82, 2.24) is 23.2 Å². The summed E-state index contributed by atoms with van der Waals surface area (Å²) < 4.78 is 6.81. The van der Waals surface area contributed by atoms with Gasteiger partial charge in [0.25, 0.3) is 0 Å². The van der Waals surface area contributed by atoms with Crippen LogP contribution in [0.4, 0.5) is 0 Å². The summed E-state index contributed by atoms with van der Waals surface area (Å²) in [6.45, 7) is 0. The minimum Gasteiger partial charge on any atom is -0.276 e. The zero-order valence-corrected chi connectivity index (χ0v) is 17.4. The molecule has 0 bridgehead atoms. The van der Waals surface area contributed by atoms with Gasteiger partial charge in [-0.2, -0.15) is 0 Å². The molecule has 0 unspecified atom stereocenters. The van der Waals surface area contributed by atoms with Gasteiger partial charge in [0.15, 0.2) is 0 Å². The van der Waals surface area contributed by atoms with Gasteiger partial charge >= 0.3 is 0 Å². The van der Waals surface area contributed by atoms with Gasteiger partial charge in [-0.15, -0.1) is 0 Å². The molecule has 0 atom stereocenters. The summed E-state index contributed by atoms with van der Waals surface area (Å²) >= 11 is 0. The molecule has 9 aromatic rings. The van der Waals surface area contributed by atoms with E-state index >= 15 is 0 Å². The molecule has 152 valence electrons. The Morgan fingerprint density at radius 1 is 0.455 bits per heavy atom. The van der Waals surface area contributed by atoms with Crippen molar-refractivity contribution in [2.24, 2.45) is 0 Å². The maximum atomic E-state index is 5.11. The van der Waals surface area contributed by atoms with Gasteiger partial charge in [-0.25, -0.2) is 14.4 Å². The smallest absolute Gasteiger partial charge is 0.223 e. The fraction of sp³-hybridized carbons (Fsp3) is 0. The predicted octanol–water partition coefficient (Wildman–Crippen LogP) is 6.44. The summed E-state index contributed by atoms with van der Waals surface area (Å²) in [5.74, 6) is 1.81. The van der Waals surface area contributed by atoms with Crippen molar-refractivity contribution in [3.05, 3.63) is 91.0 Å². The Labute approximate surface area is 186 Å². The molecule has 4 heterocycles. The minimum absolute atomic E-state index is 0.904. The van der Waals surface area contributed by atoms with Crippen LogP contribution in [0, 0.1) is 0 Å². The first-order chi connectivity index (χ1) is 16.4. The molecule has 0 saturated heterocycles. The normalized spacial score (nSPS) is 12.8. The highest BCUT2D eigenvalue weighted by Gasteiger charge is 2.23. The molecule has 5 nitrogen and oxygen atoms in total. The number of fused-ring (bicyclic) bond motifs is 13. The van der Waals surface area contributed by atoms with Gasteiger partial charge in [-0.1, -0.05) is 60.7 Å². The van der Waals surface area contributed by atoms with Gasteiger partial charge in [-0.3, -0.25) is 8.80 Å². The minimum atomic E-state index is 0.904. The van der Waals surface area contributed by atoms with Crippen LogP contribution in [-0.4, -0.2) is 23.2 Å². The van der Waals surface area contributed by atoms with Gasteiger partial charge in [0.1, 0.15) is 5.52 Å². The average molecular weight is 421 g/mol. The molecule has 0 aliphatic rings. The molecule has 0 fully saturated rings. The number of nitrogens with zero attached hydrogens (tertiary/aromatic N) is 5. The zero-order valence-electron chi connectivity index (χ0n) is 17.4. The van der Waals surface area contributed by atoms with E-state index in [0.29, 0.717) is 0 Å². The number of imidazole rings is 4. The van der Waals surface area contributed by atoms with Crippen molar-refractivity contribution in [3.63, 3.8) is 0 Å². The van der Waals surface area contributed by atoms with Gasteiger partial charge in [0.2, 0.25) is 11.6 Å². The first-order valence-electron chi connectivity index (χ1n) is 11.1. The van der Waals surface area contributed by atoms with E-state index in [1.807, 2.05) is 0 Å². The Morgan fingerprint density at radius 2 is 1.15 bits per heavy atom. The largest absolute Gasteiger partial charge is 0.276 e. The Balaban J connectivity index is 1.58. The third-order valence-corrected chi connectivity index (χ3v) is 7.13. The fourth-order valence-electron chi connectivity index (χ4n) is 5.74. The van der Waals surface area contributed by atoms with E-state index in [1.54, 1.807) is 0 Å². The van der Waals surface area contributed by atoms with Crippen LogP contribution in [0.2, 0.25) is 0 Å². The van der Waals surface area contributed by atoms with E-state index in [9.17, 15) is 0 Å². The Morgan fingerprint density at radius 3 is 2.03 bits per heavy atom. The van der Waals surface area contributed by atoms with E-state index in [2.05, 4.69) is 104 Å². The summed E-state index contributed by atoms with van der Waals surface area (Å²) in [5, 5.41) is 4.86. The standard InChI is InChI=1S/C28H15N5/c1-2-8-18-15-24-21(14-17(18)7-1)30-27-31(24)22-10-5-11-23-26(22)33(27)28-29-20-13-12-16-6-3-4-9-19(16)25(20)32(23)28/h1-15H. The van der Waals surface area contributed by atoms with E-state index in [0.717, 1.165) is 50.2 Å². The molecule has 5 heteroatoms. The molecule has 0 radical (unpaired) electrons. The topological polar surface area (TPSA) is 39.0 Å². The molecule has 5 aromatic carbocycles. The monoisotopic (exact) mass is 421 g/mol. The molecule has 33 heavy (non-hydrogen) atoms. The van der Waals surface area contributed by atoms with E-state index in [1.165, 1.54) is 21.5 Å². The number of para-hydroxylation sites is 1. The van der Waals surface area contributed by atoms with E-state index in [4.69, 9.17) is 9.97 Å². The van der Waals surface area contributed by atoms with Crippen LogP contribution < -0.4 is 0 Å². The second kappa shape index (κ2) is 5.22. The number of rotatable bonds is 0. The summed E-state index contributed by atoms with van der Waals surface area (Å²) in [4.78, 5) is 10.2. The van der Waals surface area contributed by atoms with Crippen LogP contribution >= 0.6 is 0 Å². The molecular weight excluding hydrogens is 406 g/mol. The molecule has 4 aromatic heterocycles. The lowest BCUT2D eigenvalue weighted by Crippen LogP contribution is -1.87. The average Bonchev–Trinajstić information content (AvgIpc) is 3.57. The predicted molar refractivity (Wildman–Crippen MR) is 134 cm³/mol. The zero-order chi connectivity index (χ0) is 21.3. The molecule has 0 saturated carbocycles. The third-order valence-electron chi connectivity index (χ3n) is 7.13. The number of hydrogen-bond donors (Lipinski definition) is 0. The Hall–Kier alpha value is -4.64. The maximum absolute atomic E-state index is 5.11. The van der Waals surface area contributed by atoms with Crippen molar-refractivity contribution in [3.8, 4) is 0 Å². The SMILES string of the molecule is c1ccc2cc3c(cc2c1)nc1n3c2cccc3c2n1c1nc2ccc4ccccc4c2n31. The summed E-state index contributed by atoms with van der Waals surface area (Å²) in [5.41, 5.74) is 7.74. The van der Waals surface area contributed by atoms with E-state index in [-0.39, 0.29) is 0 Å². The molecular formula is C28H15N5. The van der Waals surface area contributed by atoms with Crippen LogP contribution in [0.5, 0.6) is 0 Å². The molecule has 0 N–H and O–H groups in total. The Kier molecular flexibility index (Phi) is 2.54. The lowest BCUT2D eigenvalue weighted by atomic mass is 10.1. The van der Waals surface area contributed by atoms with Gasteiger partial charge < -0.3 is 0 Å². The first kappa shape index (κ1) is 16.1. The van der Waals surface area contributed by atoms with Crippen molar-refractivity contribution in [2.45, 2.75) is 0 Å². The van der Waals surface area contributed by atoms with Crippen molar-refractivity contribution >= 4 is 71.7 Å². The number of hydrogen-bond acceptors (Lipinski definition) is 2. The molecule has 0 aliphatic carbocycles. The van der Waals surface area contributed by atoms with Gasteiger partial charge in [0, 0.05) is 5.39 Å².